The fourth-order valence-electron chi connectivity index (χ4n) is 1.70. The summed E-state index contributed by atoms with van der Waals surface area (Å²) in [4.78, 5) is 13.1. The topological polar surface area (TPSA) is 70.8 Å². The number of thiophene rings is 1. The zero-order valence-electron chi connectivity index (χ0n) is 11.5. The molecule has 5 nitrogen and oxygen atoms in total. The number of nitrogens with two attached hydrogens (primary N) is 1. The highest BCUT2D eigenvalue weighted by molar-refractivity contribution is 9.10. The van der Waals surface area contributed by atoms with E-state index in [0.29, 0.717) is 11.5 Å². The third-order valence-corrected chi connectivity index (χ3v) is 4.43. The third kappa shape index (κ3) is 3.68. The van der Waals surface area contributed by atoms with Gasteiger partial charge in [-0.15, -0.1) is 11.3 Å². The van der Waals surface area contributed by atoms with Gasteiger partial charge in [-0.2, -0.15) is 0 Å². The highest BCUT2D eigenvalue weighted by Crippen LogP contribution is 2.31. The summed E-state index contributed by atoms with van der Waals surface area (Å²) in [5, 5.41) is 1.92. The minimum absolute atomic E-state index is 0.189. The van der Waals surface area contributed by atoms with Crippen molar-refractivity contribution in [3.05, 3.63) is 38.5 Å². The Labute approximate surface area is 134 Å². The van der Waals surface area contributed by atoms with Crippen LogP contribution in [-0.2, 0) is 11.3 Å². The van der Waals surface area contributed by atoms with E-state index in [1.807, 2.05) is 11.4 Å². The molecule has 2 N–H and O–H groups in total. The summed E-state index contributed by atoms with van der Waals surface area (Å²) in [5.74, 6) is 0.334. The van der Waals surface area contributed by atoms with E-state index in [-0.39, 0.29) is 17.9 Å². The summed E-state index contributed by atoms with van der Waals surface area (Å²) in [6, 6.07) is 5.04. The number of hydrogen-bond acceptors (Lipinski definition) is 6. The zero-order chi connectivity index (χ0) is 15.4. The van der Waals surface area contributed by atoms with Gasteiger partial charge in [0.05, 0.1) is 25.5 Å². The molecule has 0 aliphatic carbocycles. The number of carbonyl (C=O) groups excluding carboxylic acids is 1. The summed E-state index contributed by atoms with van der Waals surface area (Å²) in [7, 11) is 2.98. The molecule has 0 atom stereocenters. The average molecular weight is 372 g/mol. The van der Waals surface area contributed by atoms with Gasteiger partial charge in [-0.1, -0.05) is 0 Å². The Morgan fingerprint density at radius 2 is 2.05 bits per heavy atom. The van der Waals surface area contributed by atoms with Gasteiger partial charge in [0, 0.05) is 20.8 Å². The lowest BCUT2D eigenvalue weighted by Gasteiger charge is -2.12. The number of rotatable bonds is 5. The Balaban J connectivity index is 2.18. The lowest BCUT2D eigenvalue weighted by atomic mass is 10.1. The first-order chi connectivity index (χ1) is 10.0. The molecule has 0 spiro atoms. The van der Waals surface area contributed by atoms with Crippen molar-refractivity contribution in [2.45, 2.75) is 6.61 Å². The van der Waals surface area contributed by atoms with Crippen LogP contribution in [0.4, 0.5) is 5.69 Å². The van der Waals surface area contributed by atoms with E-state index < -0.39 is 5.97 Å². The number of hydrogen-bond donors (Lipinski definition) is 1. The Morgan fingerprint density at radius 3 is 2.62 bits per heavy atom. The largest absolute Gasteiger partial charge is 0.497 e. The molecular formula is C14H14BrNO4S. The molecule has 0 fully saturated rings. The van der Waals surface area contributed by atoms with Gasteiger partial charge < -0.3 is 19.9 Å². The van der Waals surface area contributed by atoms with Crippen LogP contribution in [0.5, 0.6) is 11.5 Å². The molecule has 0 aliphatic heterocycles. The molecular weight excluding hydrogens is 358 g/mol. The van der Waals surface area contributed by atoms with Crippen molar-refractivity contribution in [1.82, 2.24) is 0 Å². The highest BCUT2D eigenvalue weighted by Gasteiger charge is 2.17. The van der Waals surface area contributed by atoms with Gasteiger partial charge in [0.15, 0.2) is 0 Å². The van der Waals surface area contributed by atoms with Gasteiger partial charge >= 0.3 is 5.97 Å². The van der Waals surface area contributed by atoms with Crippen molar-refractivity contribution < 1.29 is 19.0 Å². The number of methoxy groups -OCH3 is 2. The molecule has 0 saturated heterocycles. The minimum atomic E-state index is -0.519. The average Bonchev–Trinajstić information content (AvgIpc) is 2.90. The van der Waals surface area contributed by atoms with Crippen molar-refractivity contribution in [2.24, 2.45) is 0 Å². The standard InChI is InChI=1S/C14H14BrNO4S/c1-18-9-4-11(13(16)12(5-9)19-2)14(17)20-6-10-3-8(15)7-21-10/h3-5,7H,6,16H2,1-2H3. The maximum absolute atomic E-state index is 12.2. The molecule has 0 bridgehead atoms. The van der Waals surface area contributed by atoms with E-state index in [2.05, 4.69) is 15.9 Å². The maximum atomic E-state index is 12.2. The van der Waals surface area contributed by atoms with Crippen molar-refractivity contribution >= 4 is 38.9 Å². The van der Waals surface area contributed by atoms with Gasteiger partial charge in [-0.3, -0.25) is 0 Å². The fraction of sp³-hybridized carbons (Fsp3) is 0.214. The van der Waals surface area contributed by atoms with Gasteiger partial charge in [-0.05, 0) is 28.1 Å². The number of carbonyl (C=O) groups is 1. The molecule has 7 heteroatoms. The lowest BCUT2D eigenvalue weighted by Crippen LogP contribution is -2.09. The SMILES string of the molecule is COc1cc(OC)c(N)c(C(=O)OCc2cc(Br)cs2)c1. The van der Waals surface area contributed by atoms with E-state index in [4.69, 9.17) is 19.9 Å². The van der Waals surface area contributed by atoms with Crippen LogP contribution in [0.25, 0.3) is 0 Å². The predicted octanol–water partition coefficient (Wildman–Crippen LogP) is 3.47. The van der Waals surface area contributed by atoms with Gasteiger partial charge in [0.1, 0.15) is 18.1 Å². The van der Waals surface area contributed by atoms with Crippen molar-refractivity contribution in [2.75, 3.05) is 20.0 Å². The number of halogens is 1. The normalized spacial score (nSPS) is 10.2. The number of benzene rings is 1. The molecule has 21 heavy (non-hydrogen) atoms. The van der Waals surface area contributed by atoms with E-state index in [1.165, 1.54) is 31.6 Å². The second-order valence-electron chi connectivity index (χ2n) is 4.10. The second-order valence-corrected chi connectivity index (χ2v) is 6.01. The van der Waals surface area contributed by atoms with Crippen LogP contribution < -0.4 is 15.2 Å². The molecule has 0 aliphatic rings. The molecule has 1 heterocycles. The van der Waals surface area contributed by atoms with Crippen molar-refractivity contribution in [3.63, 3.8) is 0 Å². The van der Waals surface area contributed by atoms with Crippen molar-refractivity contribution in [1.29, 1.82) is 0 Å². The van der Waals surface area contributed by atoms with E-state index >= 15 is 0 Å². The molecule has 0 saturated carbocycles. The maximum Gasteiger partial charge on any atom is 0.340 e. The first kappa shape index (κ1) is 15.7. The molecule has 1 aromatic heterocycles. The molecule has 0 amide bonds. The van der Waals surface area contributed by atoms with Gasteiger partial charge in [0.25, 0.3) is 0 Å². The summed E-state index contributed by atoms with van der Waals surface area (Å²) >= 11 is 4.85. The molecule has 0 unspecified atom stereocenters. The summed E-state index contributed by atoms with van der Waals surface area (Å²) in [5.41, 5.74) is 6.36. The Hall–Kier alpha value is -1.73. The number of nitrogen functional groups attached to an aromatic ring is 1. The summed E-state index contributed by atoms with van der Waals surface area (Å²) in [6.07, 6.45) is 0. The number of esters is 1. The van der Waals surface area contributed by atoms with Crippen LogP contribution >= 0.6 is 27.3 Å². The third-order valence-electron chi connectivity index (χ3n) is 2.76. The van der Waals surface area contributed by atoms with Crippen molar-refractivity contribution in [3.8, 4) is 11.5 Å². The molecule has 0 radical (unpaired) electrons. The molecule has 1 aromatic carbocycles. The first-order valence-corrected chi connectivity index (χ1v) is 7.64. The summed E-state index contributed by atoms with van der Waals surface area (Å²) < 4.78 is 16.5. The zero-order valence-corrected chi connectivity index (χ0v) is 13.9. The van der Waals surface area contributed by atoms with Crippen LogP contribution in [0.2, 0.25) is 0 Å². The quantitative estimate of drug-likeness (QED) is 0.643. The van der Waals surface area contributed by atoms with Gasteiger partial charge in [-0.25, -0.2) is 4.79 Å². The van der Waals surface area contributed by atoms with Gasteiger partial charge in [0.2, 0.25) is 0 Å². The smallest absolute Gasteiger partial charge is 0.340 e. The number of ether oxygens (including phenoxy) is 3. The van der Waals surface area contributed by atoms with Crippen LogP contribution in [0.15, 0.2) is 28.1 Å². The van der Waals surface area contributed by atoms with Crippen LogP contribution in [-0.4, -0.2) is 20.2 Å². The van der Waals surface area contributed by atoms with E-state index in [1.54, 1.807) is 6.07 Å². The minimum Gasteiger partial charge on any atom is -0.497 e. The van der Waals surface area contributed by atoms with Crippen LogP contribution in [0.1, 0.15) is 15.2 Å². The first-order valence-electron chi connectivity index (χ1n) is 5.96. The van der Waals surface area contributed by atoms with Crippen LogP contribution in [0, 0.1) is 0 Å². The Morgan fingerprint density at radius 1 is 1.29 bits per heavy atom. The lowest BCUT2D eigenvalue weighted by molar-refractivity contribution is 0.0477. The molecule has 2 rings (SSSR count). The fourth-order valence-corrected chi connectivity index (χ4v) is 3.06. The molecule has 2 aromatic rings. The van der Waals surface area contributed by atoms with E-state index in [9.17, 15) is 4.79 Å². The summed E-state index contributed by atoms with van der Waals surface area (Å²) in [6.45, 7) is 0.189. The molecule has 112 valence electrons. The number of anilines is 1. The Bertz CT molecular complexity index is 656. The Kier molecular flexibility index (Phi) is 5.08. The highest BCUT2D eigenvalue weighted by atomic mass is 79.9. The second kappa shape index (κ2) is 6.82. The van der Waals surface area contributed by atoms with Crippen LogP contribution in [0.3, 0.4) is 0 Å². The van der Waals surface area contributed by atoms with E-state index in [0.717, 1.165) is 9.35 Å². The predicted molar refractivity (Wildman–Crippen MR) is 85.1 cm³/mol. The monoisotopic (exact) mass is 371 g/mol.